The van der Waals surface area contributed by atoms with Crippen LogP contribution in [0.1, 0.15) is 30.9 Å². The third kappa shape index (κ3) is 2.16. The van der Waals surface area contributed by atoms with Crippen LogP contribution in [0.2, 0.25) is 0 Å². The monoisotopic (exact) mass is 247 g/mol. The SMILES string of the molecule is CC1(c2cccc(F)c2C(F)(F)F)CCCN1. The average molecular weight is 247 g/mol. The van der Waals surface area contributed by atoms with Gasteiger partial charge in [-0.15, -0.1) is 0 Å². The molecule has 0 saturated carbocycles. The van der Waals surface area contributed by atoms with Crippen molar-refractivity contribution in [1.29, 1.82) is 0 Å². The summed E-state index contributed by atoms with van der Waals surface area (Å²) in [6.45, 7) is 2.34. The Hall–Kier alpha value is -1.10. The van der Waals surface area contributed by atoms with E-state index in [4.69, 9.17) is 0 Å². The van der Waals surface area contributed by atoms with E-state index in [1.54, 1.807) is 6.92 Å². The van der Waals surface area contributed by atoms with Gasteiger partial charge in [0.25, 0.3) is 0 Å². The summed E-state index contributed by atoms with van der Waals surface area (Å²) >= 11 is 0. The van der Waals surface area contributed by atoms with Crippen molar-refractivity contribution in [3.05, 3.63) is 35.1 Å². The van der Waals surface area contributed by atoms with Gasteiger partial charge in [-0.05, 0) is 37.9 Å². The van der Waals surface area contributed by atoms with Gasteiger partial charge >= 0.3 is 6.18 Å². The normalized spacial score (nSPS) is 25.2. The Morgan fingerprint density at radius 1 is 1.29 bits per heavy atom. The van der Waals surface area contributed by atoms with Crippen molar-refractivity contribution >= 4 is 0 Å². The molecule has 1 aromatic rings. The highest BCUT2D eigenvalue weighted by molar-refractivity contribution is 5.37. The summed E-state index contributed by atoms with van der Waals surface area (Å²) in [6.07, 6.45) is -3.28. The highest BCUT2D eigenvalue weighted by Gasteiger charge is 2.42. The van der Waals surface area contributed by atoms with Gasteiger partial charge in [0.15, 0.2) is 0 Å². The van der Waals surface area contributed by atoms with Crippen LogP contribution >= 0.6 is 0 Å². The molecule has 0 radical (unpaired) electrons. The topological polar surface area (TPSA) is 12.0 Å². The Bertz CT molecular complexity index is 419. The maximum Gasteiger partial charge on any atom is 0.419 e. The molecule has 1 atom stereocenters. The smallest absolute Gasteiger partial charge is 0.308 e. The predicted octanol–water partition coefficient (Wildman–Crippen LogP) is 3.44. The van der Waals surface area contributed by atoms with Crippen LogP contribution in [0.25, 0.3) is 0 Å². The zero-order valence-corrected chi connectivity index (χ0v) is 9.37. The van der Waals surface area contributed by atoms with Crippen molar-refractivity contribution in [3.63, 3.8) is 0 Å². The van der Waals surface area contributed by atoms with Crippen molar-refractivity contribution < 1.29 is 17.6 Å². The van der Waals surface area contributed by atoms with E-state index in [9.17, 15) is 17.6 Å². The third-order valence-corrected chi connectivity index (χ3v) is 3.26. The van der Waals surface area contributed by atoms with Gasteiger partial charge in [0.05, 0.1) is 5.56 Å². The molecule has 1 heterocycles. The Morgan fingerprint density at radius 2 is 2.00 bits per heavy atom. The van der Waals surface area contributed by atoms with E-state index in [1.807, 2.05) is 0 Å². The number of benzene rings is 1. The molecule has 1 aliphatic rings. The second-order valence-corrected chi connectivity index (χ2v) is 4.52. The second-order valence-electron chi connectivity index (χ2n) is 4.52. The highest BCUT2D eigenvalue weighted by atomic mass is 19.4. The van der Waals surface area contributed by atoms with Crippen molar-refractivity contribution in [2.45, 2.75) is 31.5 Å². The molecule has 0 aliphatic carbocycles. The molecule has 0 amide bonds. The quantitative estimate of drug-likeness (QED) is 0.749. The van der Waals surface area contributed by atoms with Gasteiger partial charge < -0.3 is 5.32 Å². The largest absolute Gasteiger partial charge is 0.419 e. The van der Waals surface area contributed by atoms with Gasteiger partial charge in [-0.2, -0.15) is 13.2 Å². The summed E-state index contributed by atoms with van der Waals surface area (Å²) in [5.41, 5.74) is -1.92. The number of nitrogens with one attached hydrogen (secondary N) is 1. The molecule has 2 rings (SSSR count). The zero-order valence-electron chi connectivity index (χ0n) is 9.37. The van der Waals surface area contributed by atoms with E-state index in [2.05, 4.69) is 5.32 Å². The van der Waals surface area contributed by atoms with Crippen LogP contribution in [-0.4, -0.2) is 6.54 Å². The van der Waals surface area contributed by atoms with Gasteiger partial charge in [0.2, 0.25) is 0 Å². The van der Waals surface area contributed by atoms with Gasteiger partial charge in [0.1, 0.15) is 5.82 Å². The van der Waals surface area contributed by atoms with Crippen molar-refractivity contribution in [2.75, 3.05) is 6.54 Å². The Morgan fingerprint density at radius 3 is 2.53 bits per heavy atom. The summed E-state index contributed by atoms with van der Waals surface area (Å²) < 4.78 is 52.0. The zero-order chi connectivity index (χ0) is 12.7. The fourth-order valence-electron chi connectivity index (χ4n) is 2.40. The minimum absolute atomic E-state index is 0.00231. The lowest BCUT2D eigenvalue weighted by molar-refractivity contribution is -0.141. The molecule has 1 fully saturated rings. The fraction of sp³-hybridized carbons (Fsp3) is 0.500. The van der Waals surface area contributed by atoms with Gasteiger partial charge in [-0.25, -0.2) is 4.39 Å². The molecule has 1 aromatic carbocycles. The fourth-order valence-corrected chi connectivity index (χ4v) is 2.40. The molecule has 0 aromatic heterocycles. The van der Waals surface area contributed by atoms with Gasteiger partial charge in [-0.3, -0.25) is 0 Å². The maximum absolute atomic E-state index is 13.4. The lowest BCUT2D eigenvalue weighted by Crippen LogP contribution is -2.35. The van der Waals surface area contributed by atoms with E-state index in [0.717, 1.165) is 12.5 Å². The van der Waals surface area contributed by atoms with Crippen LogP contribution < -0.4 is 5.32 Å². The summed E-state index contributed by atoms with van der Waals surface area (Å²) in [5, 5.41) is 3.02. The number of halogens is 4. The molecule has 1 nitrogen and oxygen atoms in total. The van der Waals surface area contributed by atoms with E-state index in [1.165, 1.54) is 12.1 Å². The van der Waals surface area contributed by atoms with Gasteiger partial charge in [-0.1, -0.05) is 12.1 Å². The van der Waals surface area contributed by atoms with Gasteiger partial charge in [0, 0.05) is 5.54 Å². The van der Waals surface area contributed by atoms with Crippen molar-refractivity contribution in [3.8, 4) is 0 Å². The third-order valence-electron chi connectivity index (χ3n) is 3.26. The van der Waals surface area contributed by atoms with Crippen molar-refractivity contribution in [2.24, 2.45) is 0 Å². The Kier molecular flexibility index (Phi) is 2.89. The molecule has 1 aliphatic heterocycles. The van der Waals surface area contributed by atoms with Crippen LogP contribution in [0, 0.1) is 5.82 Å². The number of hydrogen-bond acceptors (Lipinski definition) is 1. The van der Waals surface area contributed by atoms with Crippen LogP contribution in [0.4, 0.5) is 17.6 Å². The minimum atomic E-state index is -4.66. The molecular formula is C12H13F4N. The molecule has 0 bridgehead atoms. The van der Waals surface area contributed by atoms with Crippen LogP contribution in [0.5, 0.6) is 0 Å². The maximum atomic E-state index is 13.4. The summed E-state index contributed by atoms with van der Waals surface area (Å²) in [6, 6.07) is 3.53. The molecule has 5 heteroatoms. The Balaban J connectivity index is 2.58. The first-order chi connectivity index (χ1) is 7.84. The lowest BCUT2D eigenvalue weighted by atomic mass is 9.86. The first-order valence-electron chi connectivity index (χ1n) is 5.46. The van der Waals surface area contributed by atoms with E-state index < -0.39 is 23.1 Å². The minimum Gasteiger partial charge on any atom is -0.308 e. The van der Waals surface area contributed by atoms with Crippen LogP contribution in [-0.2, 0) is 11.7 Å². The highest BCUT2D eigenvalue weighted by Crippen LogP contribution is 2.41. The molecule has 1 N–H and O–H groups in total. The summed E-state index contributed by atoms with van der Waals surface area (Å²) in [5.74, 6) is -1.20. The summed E-state index contributed by atoms with van der Waals surface area (Å²) in [7, 11) is 0. The second kappa shape index (κ2) is 3.98. The van der Waals surface area contributed by atoms with E-state index >= 15 is 0 Å². The molecule has 17 heavy (non-hydrogen) atoms. The molecule has 0 spiro atoms. The first-order valence-corrected chi connectivity index (χ1v) is 5.46. The summed E-state index contributed by atoms with van der Waals surface area (Å²) in [4.78, 5) is 0. The predicted molar refractivity (Wildman–Crippen MR) is 56.0 cm³/mol. The lowest BCUT2D eigenvalue weighted by Gasteiger charge is -2.28. The molecule has 1 unspecified atom stereocenters. The standard InChI is InChI=1S/C12H13F4N/c1-11(6-3-7-17-11)8-4-2-5-9(13)10(8)12(14,15)16/h2,4-5,17H,3,6-7H2,1H3. The number of alkyl halides is 3. The first kappa shape index (κ1) is 12.4. The number of rotatable bonds is 1. The molecule has 1 saturated heterocycles. The molecular weight excluding hydrogens is 234 g/mol. The van der Waals surface area contributed by atoms with Crippen LogP contribution in [0.3, 0.4) is 0 Å². The number of hydrogen-bond donors (Lipinski definition) is 1. The van der Waals surface area contributed by atoms with E-state index in [-0.39, 0.29) is 5.56 Å². The molecule has 94 valence electrons. The van der Waals surface area contributed by atoms with Crippen molar-refractivity contribution in [1.82, 2.24) is 5.32 Å². The average Bonchev–Trinajstić information content (AvgIpc) is 2.64. The van der Waals surface area contributed by atoms with E-state index in [0.29, 0.717) is 13.0 Å². The Labute approximate surface area is 96.8 Å². The van der Waals surface area contributed by atoms with Crippen LogP contribution in [0.15, 0.2) is 18.2 Å².